The number of thiophene rings is 1. The SMILES string of the molecule is CNc1nc(N2CC(O)C(O)C2)c2cc(C)sc2n1. The first-order valence-corrected chi connectivity index (χ1v) is 6.97. The van der Waals surface area contributed by atoms with E-state index in [-0.39, 0.29) is 0 Å². The molecule has 2 atom stereocenters. The summed E-state index contributed by atoms with van der Waals surface area (Å²) in [6, 6.07) is 2.05. The number of fused-ring (bicyclic) bond motifs is 1. The van der Waals surface area contributed by atoms with Crippen molar-refractivity contribution in [3.05, 3.63) is 10.9 Å². The van der Waals surface area contributed by atoms with Gasteiger partial charge in [0.15, 0.2) is 0 Å². The van der Waals surface area contributed by atoms with Gasteiger partial charge in [0.2, 0.25) is 5.95 Å². The minimum atomic E-state index is -0.720. The van der Waals surface area contributed by atoms with E-state index in [1.54, 1.807) is 18.4 Å². The lowest BCUT2D eigenvalue weighted by Gasteiger charge is -2.17. The van der Waals surface area contributed by atoms with E-state index in [0.717, 1.165) is 16.0 Å². The van der Waals surface area contributed by atoms with Crippen LogP contribution in [0.25, 0.3) is 10.2 Å². The molecule has 3 rings (SSSR count). The van der Waals surface area contributed by atoms with Gasteiger partial charge in [-0.2, -0.15) is 4.98 Å². The number of nitrogens with one attached hydrogen (secondary N) is 1. The Bertz CT molecular complexity index is 605. The molecule has 2 unspecified atom stereocenters. The number of hydrogen-bond donors (Lipinski definition) is 3. The number of aliphatic hydroxyl groups excluding tert-OH is 2. The van der Waals surface area contributed by atoms with Crippen molar-refractivity contribution in [2.45, 2.75) is 19.1 Å². The molecule has 0 aliphatic carbocycles. The van der Waals surface area contributed by atoms with E-state index in [0.29, 0.717) is 19.0 Å². The average molecular weight is 280 g/mol. The smallest absolute Gasteiger partial charge is 0.225 e. The predicted octanol–water partition coefficient (Wildman–Crippen LogP) is 0.583. The second kappa shape index (κ2) is 4.59. The van der Waals surface area contributed by atoms with Crippen LogP contribution in [0.15, 0.2) is 6.07 Å². The summed E-state index contributed by atoms with van der Waals surface area (Å²) in [5, 5.41) is 23.3. The van der Waals surface area contributed by atoms with Crippen molar-refractivity contribution in [3.8, 4) is 0 Å². The summed E-state index contributed by atoms with van der Waals surface area (Å²) in [4.78, 5) is 12.9. The summed E-state index contributed by atoms with van der Waals surface area (Å²) in [5.74, 6) is 1.33. The van der Waals surface area contributed by atoms with Crippen LogP contribution < -0.4 is 10.2 Å². The molecule has 1 aliphatic heterocycles. The van der Waals surface area contributed by atoms with Crippen molar-refractivity contribution in [2.24, 2.45) is 0 Å². The number of aromatic nitrogens is 2. The molecule has 1 fully saturated rings. The van der Waals surface area contributed by atoms with Gasteiger partial charge < -0.3 is 20.4 Å². The molecule has 3 N–H and O–H groups in total. The standard InChI is InChI=1S/C12H16N4O2S/c1-6-3-7-10(16-4-8(17)9(18)5-16)14-12(13-2)15-11(7)19-6/h3,8-9,17-18H,4-5H2,1-2H3,(H,13,14,15). The Labute approximate surface area is 114 Å². The second-order valence-electron chi connectivity index (χ2n) is 4.74. The summed E-state index contributed by atoms with van der Waals surface area (Å²) < 4.78 is 0. The zero-order valence-corrected chi connectivity index (χ0v) is 11.6. The van der Waals surface area contributed by atoms with Crippen LogP contribution >= 0.6 is 11.3 Å². The number of aliphatic hydroxyl groups is 2. The quantitative estimate of drug-likeness (QED) is 0.747. The zero-order valence-electron chi connectivity index (χ0n) is 10.8. The molecule has 3 heterocycles. The van der Waals surface area contributed by atoms with E-state index in [9.17, 15) is 10.2 Å². The van der Waals surface area contributed by atoms with Gasteiger partial charge in [-0.3, -0.25) is 0 Å². The lowest BCUT2D eigenvalue weighted by atomic mass is 10.3. The van der Waals surface area contributed by atoms with Gasteiger partial charge in [0.05, 0.1) is 17.6 Å². The Morgan fingerprint density at radius 2 is 2.00 bits per heavy atom. The van der Waals surface area contributed by atoms with Gasteiger partial charge in [0, 0.05) is 25.0 Å². The molecule has 0 aromatic carbocycles. The van der Waals surface area contributed by atoms with Crippen molar-refractivity contribution in [3.63, 3.8) is 0 Å². The number of β-amino-alcohol motifs (C(OH)–C–C–N with tert-alkyl or cyclic N) is 2. The molecule has 2 aromatic rings. The number of hydrogen-bond acceptors (Lipinski definition) is 7. The van der Waals surface area contributed by atoms with Gasteiger partial charge in [0.25, 0.3) is 0 Å². The van der Waals surface area contributed by atoms with Crippen LogP contribution in [-0.2, 0) is 0 Å². The normalized spacial score (nSPS) is 23.3. The van der Waals surface area contributed by atoms with Gasteiger partial charge in [0.1, 0.15) is 10.6 Å². The first kappa shape index (κ1) is 12.6. The fourth-order valence-corrected chi connectivity index (χ4v) is 3.20. The Kier molecular flexibility index (Phi) is 3.04. The van der Waals surface area contributed by atoms with Gasteiger partial charge in [-0.25, -0.2) is 4.98 Å². The van der Waals surface area contributed by atoms with Crippen molar-refractivity contribution in [1.29, 1.82) is 0 Å². The number of aryl methyl sites for hydroxylation is 1. The van der Waals surface area contributed by atoms with Crippen molar-refractivity contribution in [1.82, 2.24) is 9.97 Å². The first-order valence-electron chi connectivity index (χ1n) is 6.15. The van der Waals surface area contributed by atoms with Crippen LogP contribution in [0.2, 0.25) is 0 Å². The Morgan fingerprint density at radius 1 is 1.32 bits per heavy atom. The average Bonchev–Trinajstić information content (AvgIpc) is 2.90. The van der Waals surface area contributed by atoms with E-state index < -0.39 is 12.2 Å². The maximum Gasteiger partial charge on any atom is 0.225 e. The lowest BCUT2D eigenvalue weighted by molar-refractivity contribution is 0.0572. The van der Waals surface area contributed by atoms with Gasteiger partial charge in [-0.1, -0.05) is 0 Å². The molecule has 6 nitrogen and oxygen atoms in total. The van der Waals surface area contributed by atoms with E-state index in [4.69, 9.17) is 0 Å². The van der Waals surface area contributed by atoms with E-state index >= 15 is 0 Å². The molecule has 0 saturated carbocycles. The molecule has 0 spiro atoms. The summed E-state index contributed by atoms with van der Waals surface area (Å²) in [6.07, 6.45) is -1.44. The molecular weight excluding hydrogens is 264 g/mol. The minimum absolute atomic E-state index is 0.394. The Balaban J connectivity index is 2.11. The highest BCUT2D eigenvalue weighted by Crippen LogP contribution is 2.33. The summed E-state index contributed by atoms with van der Waals surface area (Å²) in [6.45, 7) is 2.82. The number of rotatable bonds is 2. The van der Waals surface area contributed by atoms with Crippen molar-refractivity contribution in [2.75, 3.05) is 30.4 Å². The minimum Gasteiger partial charge on any atom is -0.389 e. The van der Waals surface area contributed by atoms with Crippen LogP contribution in [-0.4, -0.2) is 52.5 Å². The third kappa shape index (κ3) is 2.13. The molecule has 1 saturated heterocycles. The fourth-order valence-electron chi connectivity index (χ4n) is 2.32. The van der Waals surface area contributed by atoms with Gasteiger partial charge >= 0.3 is 0 Å². The third-order valence-corrected chi connectivity index (χ3v) is 4.22. The lowest BCUT2D eigenvalue weighted by Crippen LogP contribution is -2.22. The van der Waals surface area contributed by atoms with Crippen LogP contribution in [0.3, 0.4) is 0 Å². The molecule has 0 amide bonds. The zero-order chi connectivity index (χ0) is 13.6. The number of anilines is 2. The first-order chi connectivity index (χ1) is 9.08. The van der Waals surface area contributed by atoms with Crippen LogP contribution in [0.1, 0.15) is 4.88 Å². The molecular formula is C12H16N4O2S. The number of nitrogens with zero attached hydrogens (tertiary/aromatic N) is 3. The largest absolute Gasteiger partial charge is 0.389 e. The monoisotopic (exact) mass is 280 g/mol. The van der Waals surface area contributed by atoms with E-state index in [1.807, 2.05) is 17.9 Å². The highest BCUT2D eigenvalue weighted by atomic mass is 32.1. The summed E-state index contributed by atoms with van der Waals surface area (Å²) in [5.41, 5.74) is 0. The van der Waals surface area contributed by atoms with Crippen molar-refractivity contribution >= 4 is 33.3 Å². The molecule has 1 aliphatic rings. The molecule has 0 bridgehead atoms. The van der Waals surface area contributed by atoms with Crippen LogP contribution in [0.4, 0.5) is 11.8 Å². The Hall–Kier alpha value is -1.44. The van der Waals surface area contributed by atoms with Crippen LogP contribution in [0, 0.1) is 6.92 Å². The van der Waals surface area contributed by atoms with Crippen molar-refractivity contribution < 1.29 is 10.2 Å². The topological polar surface area (TPSA) is 81.5 Å². The van der Waals surface area contributed by atoms with E-state index in [2.05, 4.69) is 15.3 Å². The maximum atomic E-state index is 9.69. The second-order valence-corrected chi connectivity index (χ2v) is 5.97. The highest BCUT2D eigenvalue weighted by Gasteiger charge is 2.31. The molecule has 0 radical (unpaired) electrons. The molecule has 2 aromatic heterocycles. The predicted molar refractivity (Wildman–Crippen MR) is 75.9 cm³/mol. The van der Waals surface area contributed by atoms with Crippen LogP contribution in [0.5, 0.6) is 0 Å². The molecule has 19 heavy (non-hydrogen) atoms. The Morgan fingerprint density at radius 3 is 2.63 bits per heavy atom. The van der Waals surface area contributed by atoms with Gasteiger partial charge in [-0.15, -0.1) is 11.3 Å². The molecule has 102 valence electrons. The maximum absolute atomic E-state index is 9.69. The fraction of sp³-hybridized carbons (Fsp3) is 0.500. The summed E-state index contributed by atoms with van der Waals surface area (Å²) in [7, 11) is 1.78. The third-order valence-electron chi connectivity index (χ3n) is 3.28. The molecule has 7 heteroatoms. The van der Waals surface area contributed by atoms with Gasteiger partial charge in [-0.05, 0) is 13.0 Å². The summed E-state index contributed by atoms with van der Waals surface area (Å²) >= 11 is 1.61. The van der Waals surface area contributed by atoms with E-state index in [1.165, 1.54) is 4.88 Å². The highest BCUT2D eigenvalue weighted by molar-refractivity contribution is 7.18.